The number of esters is 1. The SMILES string of the molecule is CC(C)(C)OC(=O)C1CC2[CH-]C1CC2.[Rf].[Rf].[Rf].[Rf]. The molecule has 0 aromatic heterocycles. The number of carbonyl (C=O) groups is 1. The van der Waals surface area contributed by atoms with Gasteiger partial charge in [-0.15, -0.1) is 0 Å². The van der Waals surface area contributed by atoms with Crippen LogP contribution in [0.5, 0.6) is 0 Å². The summed E-state index contributed by atoms with van der Waals surface area (Å²) in [5.41, 5.74) is -0.334. The number of fused-ring (bicyclic) bond motifs is 2. The van der Waals surface area contributed by atoms with Crippen molar-refractivity contribution < 1.29 is 9.53 Å². The summed E-state index contributed by atoms with van der Waals surface area (Å²) in [6, 6.07) is 0. The van der Waals surface area contributed by atoms with Gasteiger partial charge in [-0.05, 0) is 20.8 Å². The fourth-order valence-electron chi connectivity index (χ4n) is 2.63. The maximum absolute atomic E-state index is 11.8. The van der Waals surface area contributed by atoms with Crippen LogP contribution in [0.4, 0.5) is 0 Å². The molecule has 88 valence electrons. The van der Waals surface area contributed by atoms with Crippen molar-refractivity contribution in [2.45, 2.75) is 45.6 Å². The predicted octanol–water partition coefficient (Wildman–Crippen LogP) is 2.58. The Labute approximate surface area is 86.0 Å². The molecule has 0 aliphatic heterocycles. The molecule has 0 radical (unpaired) electrons. The molecule has 2 aliphatic rings. The molecule has 0 amide bonds. The van der Waals surface area contributed by atoms with Crippen LogP contribution in [0.2, 0.25) is 0 Å². The Morgan fingerprint density at radius 2 is 1.67 bits per heavy atom. The van der Waals surface area contributed by atoms with Crippen molar-refractivity contribution in [2.24, 2.45) is 17.8 Å². The fraction of sp³-hybridized carbons (Fsp3) is 0.833. The third-order valence-electron chi connectivity index (χ3n) is 3.17. The molecular weight excluding hydrogens is 1240 g/mol. The Morgan fingerprint density at radius 3 is 2.00 bits per heavy atom. The molecule has 2 saturated carbocycles. The molecule has 3 atom stereocenters. The van der Waals surface area contributed by atoms with E-state index in [1.807, 2.05) is 20.8 Å². The zero-order valence-electron chi connectivity index (χ0n) is 12.1. The van der Waals surface area contributed by atoms with Gasteiger partial charge in [0.25, 0.3) is 0 Å². The van der Waals surface area contributed by atoms with E-state index in [0.717, 1.165) is 6.42 Å². The molecular formula is C12H19O2Rf4-. The van der Waals surface area contributed by atoms with Crippen LogP contribution in [0, 0.1) is 24.2 Å². The monoisotopic (exact) mass is 1260 g/mol. The molecule has 2 bridgehead atoms. The minimum absolute atomic E-state index is 0. The van der Waals surface area contributed by atoms with Gasteiger partial charge in [0, 0.05) is 5.92 Å². The van der Waals surface area contributed by atoms with Crippen LogP contribution in [-0.2, 0) is 9.53 Å². The van der Waals surface area contributed by atoms with E-state index in [1.54, 1.807) is 0 Å². The first-order valence-corrected chi connectivity index (χ1v) is 5.53. The number of hydrogen-bond acceptors (Lipinski definition) is 2. The summed E-state index contributed by atoms with van der Waals surface area (Å²) in [5, 5.41) is 0. The van der Waals surface area contributed by atoms with E-state index in [9.17, 15) is 4.79 Å². The maximum atomic E-state index is 11.8. The van der Waals surface area contributed by atoms with Gasteiger partial charge >= 0.3 is 5.97 Å². The predicted molar refractivity (Wildman–Crippen MR) is 54.5 cm³/mol. The molecule has 2 nitrogen and oxygen atoms in total. The van der Waals surface area contributed by atoms with E-state index in [-0.39, 0.29) is 17.5 Å². The third-order valence-corrected chi connectivity index (χ3v) is 3.17. The second-order valence-corrected chi connectivity index (χ2v) is 5.57. The van der Waals surface area contributed by atoms with Crippen LogP contribution in [0.1, 0.15) is 40.0 Å². The van der Waals surface area contributed by atoms with Crippen molar-refractivity contribution >= 4 is 5.97 Å². The quantitative estimate of drug-likeness (QED) is 0.299. The third kappa shape index (κ3) is 2.73. The van der Waals surface area contributed by atoms with Crippen LogP contribution in [-0.4, -0.2) is 11.6 Å². The Hall–Kier alpha value is -4.53. The van der Waals surface area contributed by atoms with Crippen molar-refractivity contribution in [2.75, 3.05) is 0 Å². The van der Waals surface area contributed by atoms with E-state index in [2.05, 4.69) is 6.42 Å². The summed E-state index contributed by atoms with van der Waals surface area (Å²) in [6.45, 7) is 5.80. The van der Waals surface area contributed by atoms with Crippen LogP contribution in [0.25, 0.3) is 0 Å². The average Bonchev–Trinajstić information content (AvgIpc) is 2.59. The summed E-state index contributed by atoms with van der Waals surface area (Å²) in [6.07, 6.45) is 5.85. The molecule has 0 heterocycles. The van der Waals surface area contributed by atoms with Crippen molar-refractivity contribution in [1.29, 1.82) is 0 Å². The summed E-state index contributed by atoms with van der Waals surface area (Å²) in [4.78, 5) is 11.8. The normalized spacial score (nSPS) is 28.1. The fourth-order valence-corrected chi connectivity index (χ4v) is 2.63. The van der Waals surface area contributed by atoms with Gasteiger partial charge in [-0.25, -0.2) is 0 Å². The Kier molecular flexibility index (Phi) is 5.10. The van der Waals surface area contributed by atoms with Gasteiger partial charge in [-0.2, -0.15) is 11.8 Å². The Balaban J connectivity index is -0.000000562. The maximum Gasteiger partial charge on any atom is 0.307 e. The summed E-state index contributed by atoms with van der Waals surface area (Å²) >= 11 is 0. The Bertz CT molecular complexity index is 253. The summed E-state index contributed by atoms with van der Waals surface area (Å²) in [7, 11) is 0. The molecule has 2 fully saturated rings. The number of rotatable bonds is 1. The van der Waals surface area contributed by atoms with Gasteiger partial charge in [0.15, 0.2) is 0 Å². The van der Waals surface area contributed by atoms with Crippen molar-refractivity contribution in [1.82, 2.24) is 0 Å². The Morgan fingerprint density at radius 1 is 1.11 bits per heavy atom. The van der Waals surface area contributed by atoms with Gasteiger partial charge in [0.05, 0.1) is 0 Å². The average molecular weight is 1260 g/mol. The topological polar surface area (TPSA) is 26.3 Å². The molecule has 2 rings (SSSR count). The van der Waals surface area contributed by atoms with Gasteiger partial charge in [0.2, 0.25) is 0 Å². The smallest absolute Gasteiger partial charge is 0.307 e. The first-order valence-electron chi connectivity index (χ1n) is 5.53. The second-order valence-electron chi connectivity index (χ2n) is 5.57. The van der Waals surface area contributed by atoms with Crippen molar-refractivity contribution in [3.63, 3.8) is 0 Å². The van der Waals surface area contributed by atoms with Crippen molar-refractivity contribution in [3.05, 3.63) is 6.42 Å². The van der Waals surface area contributed by atoms with E-state index in [1.165, 1.54) is 12.8 Å². The molecule has 0 aromatic carbocycles. The van der Waals surface area contributed by atoms with Gasteiger partial charge < -0.3 is 11.2 Å². The molecule has 0 spiro atoms. The van der Waals surface area contributed by atoms with Crippen LogP contribution in [0.15, 0.2) is 0 Å². The molecule has 0 saturated heterocycles. The van der Waals surface area contributed by atoms with Gasteiger partial charge in [-0.1, -0.05) is 19.3 Å². The largest absolute Gasteiger partial charge is 0.460 e. The van der Waals surface area contributed by atoms with Crippen LogP contribution in [0.3, 0.4) is 0 Å². The molecule has 2 aliphatic carbocycles. The van der Waals surface area contributed by atoms with Crippen LogP contribution < -0.4 is 0 Å². The summed E-state index contributed by atoms with van der Waals surface area (Å²) in [5.74, 6) is 1.38. The van der Waals surface area contributed by atoms with E-state index >= 15 is 0 Å². The zero-order chi connectivity index (χ0) is 10.3. The van der Waals surface area contributed by atoms with E-state index < -0.39 is 0 Å². The van der Waals surface area contributed by atoms with Gasteiger partial charge in [0.1, 0.15) is 5.60 Å². The molecule has 6 heteroatoms. The molecule has 0 N–H and O–H groups in total. The number of ether oxygens (including phenoxy) is 1. The number of hydrogen-bond donors (Lipinski definition) is 0. The van der Waals surface area contributed by atoms with E-state index in [0.29, 0.717) is 11.8 Å². The summed E-state index contributed by atoms with van der Waals surface area (Å²) < 4.78 is 5.42. The number of carbonyl (C=O) groups excluding carboxylic acids is 1. The van der Waals surface area contributed by atoms with E-state index in [4.69, 9.17) is 4.74 Å². The second kappa shape index (κ2) is 4.81. The van der Waals surface area contributed by atoms with Crippen LogP contribution >= 0.6 is 0 Å². The first kappa shape index (κ1) is 19.1. The molecule has 18 heavy (non-hydrogen) atoms. The minimum atomic E-state index is -0.334. The van der Waals surface area contributed by atoms with Gasteiger partial charge in [-0.3, -0.25) is 4.79 Å². The minimum Gasteiger partial charge on any atom is -0.460 e. The first-order chi connectivity index (χ1) is 6.46. The molecule has 0 aromatic rings. The zero-order valence-corrected chi connectivity index (χ0v) is 37.7. The molecule has 3 unspecified atom stereocenters. The van der Waals surface area contributed by atoms with Crippen molar-refractivity contribution in [3.8, 4) is 0 Å². The standard InChI is InChI=1S/C12H19O2.4Rf/c1-12(2,3)14-11(13)10-7-8-4-5-9(10)6-8;;;;/h6,8-10H,4-5,7H2,1-3H3;;;;/q-1;;;;.